The van der Waals surface area contributed by atoms with E-state index >= 15 is 0 Å². The number of aliphatic carboxylic acids is 1. The number of nitrogens with two attached hydrogens (primary N) is 1. The van der Waals surface area contributed by atoms with Crippen LogP contribution in [0.25, 0.3) is 0 Å². The first kappa shape index (κ1) is 8.49. The van der Waals surface area contributed by atoms with Gasteiger partial charge in [-0.2, -0.15) is 0 Å². The summed E-state index contributed by atoms with van der Waals surface area (Å²) in [4.78, 5) is 10.5. The summed E-state index contributed by atoms with van der Waals surface area (Å²) < 4.78 is 0. The Morgan fingerprint density at radius 3 is 2.45 bits per heavy atom. The first-order valence-corrected chi connectivity index (χ1v) is 3.76. The zero-order valence-corrected chi connectivity index (χ0v) is 6.23. The van der Waals surface area contributed by atoms with E-state index in [1.807, 2.05) is 0 Å². The minimum absolute atomic E-state index is 0.0175. The molecule has 11 heavy (non-hydrogen) atoms. The fourth-order valence-corrected chi connectivity index (χ4v) is 1.56. The summed E-state index contributed by atoms with van der Waals surface area (Å²) in [6.45, 7) is 0.380. The van der Waals surface area contributed by atoms with Gasteiger partial charge >= 0.3 is 5.97 Å². The zero-order valence-electron chi connectivity index (χ0n) is 6.23. The second-order valence-corrected chi connectivity index (χ2v) is 3.07. The van der Waals surface area contributed by atoms with Crippen molar-refractivity contribution in [1.82, 2.24) is 0 Å². The molecule has 1 rings (SSSR count). The van der Waals surface area contributed by atoms with Crippen molar-refractivity contribution < 1.29 is 15.0 Å². The highest BCUT2D eigenvalue weighted by Crippen LogP contribution is 2.30. The lowest BCUT2D eigenvalue weighted by molar-refractivity contribution is -0.141. The molecule has 0 radical (unpaired) electrons. The number of carboxylic acids is 1. The lowest BCUT2D eigenvalue weighted by atomic mass is 10.1. The van der Waals surface area contributed by atoms with Crippen LogP contribution in [0.2, 0.25) is 0 Å². The largest absolute Gasteiger partial charge is 0.481 e. The standard InChI is InChI=1S/C7H13NO3/c8-3-5-1-4(7(10)11)2-6(5)9/h4-6,9H,1-3,8H2,(H,10,11)/t4-,5+,6+/m1/s1. The molecule has 1 aliphatic carbocycles. The summed E-state index contributed by atoms with van der Waals surface area (Å²) in [5.74, 6) is -1.23. The molecular weight excluding hydrogens is 146 g/mol. The van der Waals surface area contributed by atoms with Crippen molar-refractivity contribution in [3.05, 3.63) is 0 Å². The van der Waals surface area contributed by atoms with E-state index in [9.17, 15) is 9.90 Å². The van der Waals surface area contributed by atoms with E-state index in [2.05, 4.69) is 0 Å². The Balaban J connectivity index is 2.49. The Labute approximate surface area is 65.0 Å². The predicted octanol–water partition coefficient (Wildman–Crippen LogP) is -0.583. The molecule has 1 saturated carbocycles. The molecule has 0 heterocycles. The monoisotopic (exact) mass is 159 g/mol. The summed E-state index contributed by atoms with van der Waals surface area (Å²) in [5.41, 5.74) is 5.33. The van der Waals surface area contributed by atoms with Crippen LogP contribution in [-0.4, -0.2) is 28.8 Å². The van der Waals surface area contributed by atoms with Crippen molar-refractivity contribution in [2.75, 3.05) is 6.54 Å². The molecule has 0 aromatic carbocycles. The van der Waals surface area contributed by atoms with Crippen LogP contribution in [0.15, 0.2) is 0 Å². The molecule has 0 spiro atoms. The number of rotatable bonds is 2. The molecule has 0 saturated heterocycles. The molecule has 4 nitrogen and oxygen atoms in total. The first-order chi connectivity index (χ1) is 5.15. The van der Waals surface area contributed by atoms with Crippen LogP contribution < -0.4 is 5.73 Å². The molecule has 1 fully saturated rings. The van der Waals surface area contributed by atoms with E-state index in [0.717, 1.165) is 0 Å². The van der Waals surface area contributed by atoms with Gasteiger partial charge in [0.15, 0.2) is 0 Å². The van der Waals surface area contributed by atoms with Gasteiger partial charge in [-0.1, -0.05) is 0 Å². The lowest BCUT2D eigenvalue weighted by Gasteiger charge is -2.09. The highest BCUT2D eigenvalue weighted by atomic mass is 16.4. The number of hydrogen-bond donors (Lipinski definition) is 3. The topological polar surface area (TPSA) is 83.6 Å². The van der Waals surface area contributed by atoms with Gasteiger partial charge in [0.2, 0.25) is 0 Å². The van der Waals surface area contributed by atoms with Gasteiger partial charge in [0, 0.05) is 0 Å². The van der Waals surface area contributed by atoms with Crippen LogP contribution in [0.1, 0.15) is 12.8 Å². The lowest BCUT2D eigenvalue weighted by Crippen LogP contribution is -2.21. The van der Waals surface area contributed by atoms with Crippen molar-refractivity contribution in [1.29, 1.82) is 0 Å². The highest BCUT2D eigenvalue weighted by molar-refractivity contribution is 5.70. The molecule has 64 valence electrons. The van der Waals surface area contributed by atoms with E-state index in [1.54, 1.807) is 0 Å². The van der Waals surface area contributed by atoms with Crippen molar-refractivity contribution in [2.24, 2.45) is 17.6 Å². The van der Waals surface area contributed by atoms with Gasteiger partial charge in [-0.05, 0) is 25.3 Å². The summed E-state index contributed by atoms with van der Waals surface area (Å²) in [6.07, 6.45) is 0.366. The maximum Gasteiger partial charge on any atom is 0.306 e. The fourth-order valence-electron chi connectivity index (χ4n) is 1.56. The molecule has 0 unspecified atom stereocenters. The van der Waals surface area contributed by atoms with Gasteiger partial charge < -0.3 is 15.9 Å². The molecular formula is C7H13NO3. The Morgan fingerprint density at radius 1 is 1.55 bits per heavy atom. The van der Waals surface area contributed by atoms with Crippen molar-refractivity contribution >= 4 is 5.97 Å². The summed E-state index contributed by atoms with van der Waals surface area (Å²) in [6, 6.07) is 0. The number of hydrogen-bond acceptors (Lipinski definition) is 3. The highest BCUT2D eigenvalue weighted by Gasteiger charge is 2.35. The summed E-state index contributed by atoms with van der Waals surface area (Å²) in [5, 5.41) is 17.9. The van der Waals surface area contributed by atoms with Gasteiger partial charge in [-0.15, -0.1) is 0 Å². The molecule has 0 bridgehead atoms. The molecule has 0 aromatic heterocycles. The molecule has 3 atom stereocenters. The molecule has 1 aliphatic rings. The Kier molecular flexibility index (Phi) is 2.46. The quantitative estimate of drug-likeness (QED) is 0.503. The fraction of sp³-hybridized carbons (Fsp3) is 0.857. The SMILES string of the molecule is NC[C@@H]1C[C@@H](C(=O)O)C[C@@H]1O. The van der Waals surface area contributed by atoms with E-state index < -0.39 is 18.0 Å². The van der Waals surface area contributed by atoms with Gasteiger partial charge in [-0.3, -0.25) is 4.79 Å². The third-order valence-corrected chi connectivity index (χ3v) is 2.31. The van der Waals surface area contributed by atoms with E-state index in [-0.39, 0.29) is 5.92 Å². The van der Waals surface area contributed by atoms with Gasteiger partial charge in [0.05, 0.1) is 12.0 Å². The smallest absolute Gasteiger partial charge is 0.306 e. The molecule has 4 heteroatoms. The minimum atomic E-state index is -0.819. The zero-order chi connectivity index (χ0) is 8.43. The minimum Gasteiger partial charge on any atom is -0.481 e. The molecule has 4 N–H and O–H groups in total. The van der Waals surface area contributed by atoms with Crippen molar-refractivity contribution in [3.8, 4) is 0 Å². The van der Waals surface area contributed by atoms with Gasteiger partial charge in [0.25, 0.3) is 0 Å². The van der Waals surface area contributed by atoms with Gasteiger partial charge in [0.1, 0.15) is 0 Å². The molecule has 0 aromatic rings. The van der Waals surface area contributed by atoms with Crippen molar-refractivity contribution in [2.45, 2.75) is 18.9 Å². The second-order valence-electron chi connectivity index (χ2n) is 3.07. The first-order valence-electron chi connectivity index (χ1n) is 3.76. The molecule has 0 aliphatic heterocycles. The Bertz CT molecular complexity index is 160. The number of aliphatic hydroxyl groups excluding tert-OH is 1. The molecule has 0 amide bonds. The third kappa shape index (κ3) is 1.70. The van der Waals surface area contributed by atoms with Crippen LogP contribution in [0, 0.1) is 11.8 Å². The number of aliphatic hydroxyl groups is 1. The van der Waals surface area contributed by atoms with Crippen LogP contribution >= 0.6 is 0 Å². The predicted molar refractivity (Wildman–Crippen MR) is 38.9 cm³/mol. The maximum atomic E-state index is 10.5. The van der Waals surface area contributed by atoms with Crippen LogP contribution in [0.5, 0.6) is 0 Å². The Hall–Kier alpha value is -0.610. The van der Waals surface area contributed by atoms with Gasteiger partial charge in [-0.25, -0.2) is 0 Å². The second kappa shape index (κ2) is 3.19. The summed E-state index contributed by atoms with van der Waals surface area (Å²) >= 11 is 0. The average Bonchev–Trinajstić information content (AvgIpc) is 2.31. The third-order valence-electron chi connectivity index (χ3n) is 2.31. The normalized spacial score (nSPS) is 37.5. The van der Waals surface area contributed by atoms with E-state index in [4.69, 9.17) is 10.8 Å². The number of carboxylic acid groups (broad SMARTS) is 1. The van der Waals surface area contributed by atoms with E-state index in [1.165, 1.54) is 0 Å². The Morgan fingerprint density at radius 2 is 2.18 bits per heavy atom. The van der Waals surface area contributed by atoms with Crippen molar-refractivity contribution in [3.63, 3.8) is 0 Å². The van der Waals surface area contributed by atoms with Crippen LogP contribution in [0.4, 0.5) is 0 Å². The van der Waals surface area contributed by atoms with Crippen LogP contribution in [0.3, 0.4) is 0 Å². The maximum absolute atomic E-state index is 10.5. The van der Waals surface area contributed by atoms with Crippen LogP contribution in [-0.2, 0) is 4.79 Å². The van der Waals surface area contributed by atoms with E-state index in [0.29, 0.717) is 19.4 Å². The number of carbonyl (C=O) groups is 1. The summed E-state index contributed by atoms with van der Waals surface area (Å²) in [7, 11) is 0. The average molecular weight is 159 g/mol.